The fraction of sp³-hybridized carbons (Fsp3) is 0.231. The topological polar surface area (TPSA) is 0 Å². The predicted molar refractivity (Wildman–Crippen MR) is 81.4 cm³/mol. The van der Waals surface area contributed by atoms with Gasteiger partial charge in [0.15, 0.2) is 0 Å². The molecule has 2 aliphatic carbocycles. The lowest BCUT2D eigenvalue weighted by Crippen LogP contribution is -1.90. The van der Waals surface area contributed by atoms with Crippen LogP contribution in [-0.2, 0) is 0 Å². The Morgan fingerprint density at radius 2 is 0.778 bits per heavy atom. The summed E-state index contributed by atoms with van der Waals surface area (Å²) >= 11 is 31.2. The molecular weight excluding hydrogens is 333 g/mol. The van der Waals surface area contributed by atoms with Gasteiger partial charge in [-0.3, -0.25) is 0 Å². The van der Waals surface area contributed by atoms with E-state index in [2.05, 4.69) is 0 Å². The summed E-state index contributed by atoms with van der Waals surface area (Å²) in [6.07, 6.45) is 0. The molecule has 0 unspecified atom stereocenters. The molecule has 0 atom stereocenters. The Labute approximate surface area is 131 Å². The van der Waals surface area contributed by atoms with Crippen LogP contribution in [-0.4, -0.2) is 0 Å². The van der Waals surface area contributed by atoms with Crippen molar-refractivity contribution in [1.82, 2.24) is 0 Å². The number of halogens is 5. The summed E-state index contributed by atoms with van der Waals surface area (Å²) in [4.78, 5) is 0. The Hall–Kier alpha value is 0.150. The van der Waals surface area contributed by atoms with Crippen LogP contribution in [0.5, 0.6) is 0 Å². The highest BCUT2D eigenvalue weighted by Crippen LogP contribution is 2.51. The third kappa shape index (κ3) is 1.90. The van der Waals surface area contributed by atoms with Crippen molar-refractivity contribution >= 4 is 58.0 Å². The minimum atomic E-state index is 0.396. The monoisotopic (exact) mass is 340 g/mol. The molecule has 0 aliphatic heterocycles. The molecule has 96 valence electrons. The van der Waals surface area contributed by atoms with Crippen LogP contribution >= 0.6 is 58.0 Å². The highest BCUT2D eigenvalue weighted by atomic mass is 35.5. The third-order valence-corrected chi connectivity index (χ3v) is 5.56. The van der Waals surface area contributed by atoms with E-state index >= 15 is 0 Å². The lowest BCUT2D eigenvalue weighted by Gasteiger charge is -2.07. The van der Waals surface area contributed by atoms with E-state index in [1.807, 2.05) is 20.8 Å². The van der Waals surface area contributed by atoms with E-state index in [0.29, 0.717) is 36.3 Å². The SMILES string of the molecule is CC1=C(Cl)C(=C2C(Cl)=C(C)C(Cl)=C2Cl)C(Cl)=C1C. The Bertz CT molecular complexity index is 505. The molecule has 0 saturated carbocycles. The first-order valence-corrected chi connectivity index (χ1v) is 7.08. The Morgan fingerprint density at radius 3 is 1.11 bits per heavy atom. The van der Waals surface area contributed by atoms with Gasteiger partial charge in [-0.1, -0.05) is 58.0 Å². The highest BCUT2D eigenvalue weighted by Gasteiger charge is 2.32. The van der Waals surface area contributed by atoms with E-state index in [0.717, 1.165) is 16.7 Å². The van der Waals surface area contributed by atoms with Crippen molar-refractivity contribution in [3.05, 3.63) is 53.0 Å². The van der Waals surface area contributed by atoms with Crippen LogP contribution in [0.4, 0.5) is 0 Å². The van der Waals surface area contributed by atoms with E-state index in [9.17, 15) is 0 Å². The van der Waals surface area contributed by atoms with Crippen molar-refractivity contribution in [1.29, 1.82) is 0 Å². The molecule has 18 heavy (non-hydrogen) atoms. The van der Waals surface area contributed by atoms with Crippen LogP contribution < -0.4 is 0 Å². The molecular formula is C13H9Cl5. The van der Waals surface area contributed by atoms with Crippen molar-refractivity contribution in [3.63, 3.8) is 0 Å². The second kappa shape index (κ2) is 4.92. The smallest absolute Gasteiger partial charge is 0.0690 e. The molecule has 0 nitrogen and oxygen atoms in total. The Kier molecular flexibility index (Phi) is 3.98. The molecule has 0 saturated heterocycles. The minimum Gasteiger partial charge on any atom is -0.0833 e. The number of allylic oxidation sites excluding steroid dienone is 10. The molecule has 0 radical (unpaired) electrons. The van der Waals surface area contributed by atoms with E-state index in [-0.39, 0.29) is 0 Å². The molecule has 0 bridgehead atoms. The normalized spacial score (nSPS) is 21.3. The summed E-state index contributed by atoms with van der Waals surface area (Å²) in [5.74, 6) is 0. The lowest BCUT2D eigenvalue weighted by molar-refractivity contribution is 1.37. The maximum atomic E-state index is 6.31. The van der Waals surface area contributed by atoms with Crippen LogP contribution in [0.2, 0.25) is 0 Å². The van der Waals surface area contributed by atoms with Crippen molar-refractivity contribution in [2.75, 3.05) is 0 Å². The van der Waals surface area contributed by atoms with Gasteiger partial charge in [0.2, 0.25) is 0 Å². The van der Waals surface area contributed by atoms with Crippen molar-refractivity contribution in [2.24, 2.45) is 0 Å². The number of hydrogen-bond acceptors (Lipinski definition) is 0. The molecule has 0 fully saturated rings. The molecule has 0 N–H and O–H groups in total. The summed E-state index contributed by atoms with van der Waals surface area (Å²) in [5.41, 5.74) is 3.88. The molecule has 2 aliphatic rings. The number of hydrogen-bond donors (Lipinski definition) is 0. The maximum Gasteiger partial charge on any atom is 0.0690 e. The second-order valence-corrected chi connectivity index (χ2v) is 6.08. The zero-order valence-corrected chi connectivity index (χ0v) is 13.7. The standard InChI is InChI=1S/C13H9Cl5/c1-4-5(2)10(15)7(9(4)14)8-11(16)6(3)12(17)13(8)18/h1-3H3. The van der Waals surface area contributed by atoms with Gasteiger partial charge in [0.25, 0.3) is 0 Å². The largest absolute Gasteiger partial charge is 0.0833 e. The molecule has 0 amide bonds. The average molecular weight is 342 g/mol. The summed E-state index contributed by atoms with van der Waals surface area (Å²) in [7, 11) is 0. The molecule has 2 rings (SSSR count). The van der Waals surface area contributed by atoms with Gasteiger partial charge in [0, 0.05) is 11.1 Å². The van der Waals surface area contributed by atoms with Crippen molar-refractivity contribution < 1.29 is 0 Å². The first-order chi connectivity index (χ1) is 8.29. The van der Waals surface area contributed by atoms with Crippen molar-refractivity contribution in [3.8, 4) is 0 Å². The van der Waals surface area contributed by atoms with Gasteiger partial charge in [-0.25, -0.2) is 0 Å². The van der Waals surface area contributed by atoms with E-state index < -0.39 is 0 Å². The molecule has 0 aromatic carbocycles. The van der Waals surface area contributed by atoms with Gasteiger partial charge in [-0.05, 0) is 37.5 Å². The fourth-order valence-corrected chi connectivity index (χ4v) is 3.50. The first kappa shape index (κ1) is 14.6. The first-order valence-electron chi connectivity index (χ1n) is 5.19. The van der Waals surface area contributed by atoms with Gasteiger partial charge in [-0.15, -0.1) is 0 Å². The van der Waals surface area contributed by atoms with Gasteiger partial charge >= 0.3 is 0 Å². The zero-order valence-electron chi connectivity index (χ0n) is 9.89. The van der Waals surface area contributed by atoms with E-state index in [4.69, 9.17) is 58.0 Å². The second-order valence-electron chi connectivity index (χ2n) is 4.19. The Balaban J connectivity index is 2.82. The lowest BCUT2D eigenvalue weighted by atomic mass is 10.1. The minimum absolute atomic E-state index is 0.396. The quantitative estimate of drug-likeness (QED) is 0.469. The Morgan fingerprint density at radius 1 is 0.444 bits per heavy atom. The van der Waals surface area contributed by atoms with Crippen molar-refractivity contribution in [2.45, 2.75) is 20.8 Å². The van der Waals surface area contributed by atoms with Crippen LogP contribution in [0.25, 0.3) is 0 Å². The predicted octanol–water partition coefficient (Wildman–Crippen LogP) is 6.54. The van der Waals surface area contributed by atoms with Crippen LogP contribution in [0.15, 0.2) is 53.0 Å². The van der Waals surface area contributed by atoms with Gasteiger partial charge in [0.1, 0.15) is 0 Å². The van der Waals surface area contributed by atoms with Crippen LogP contribution in [0, 0.1) is 0 Å². The molecule has 0 spiro atoms. The highest BCUT2D eigenvalue weighted by molar-refractivity contribution is 6.49. The fourth-order valence-electron chi connectivity index (χ4n) is 1.89. The summed E-state index contributed by atoms with van der Waals surface area (Å²) < 4.78 is 0. The van der Waals surface area contributed by atoms with Crippen LogP contribution in [0.1, 0.15) is 20.8 Å². The van der Waals surface area contributed by atoms with E-state index in [1.165, 1.54) is 0 Å². The molecule has 0 aromatic rings. The molecule has 0 aromatic heterocycles. The van der Waals surface area contributed by atoms with Gasteiger partial charge < -0.3 is 0 Å². The summed E-state index contributed by atoms with van der Waals surface area (Å²) in [6, 6.07) is 0. The average Bonchev–Trinajstić information content (AvgIpc) is 2.64. The molecule has 0 heterocycles. The molecule has 5 heteroatoms. The third-order valence-electron chi connectivity index (χ3n) is 3.20. The summed E-state index contributed by atoms with van der Waals surface area (Å²) in [5, 5.41) is 2.48. The van der Waals surface area contributed by atoms with E-state index in [1.54, 1.807) is 0 Å². The number of rotatable bonds is 0. The van der Waals surface area contributed by atoms with Gasteiger partial charge in [-0.2, -0.15) is 0 Å². The zero-order chi connectivity index (χ0) is 13.8. The van der Waals surface area contributed by atoms with Crippen LogP contribution in [0.3, 0.4) is 0 Å². The summed E-state index contributed by atoms with van der Waals surface area (Å²) in [6.45, 7) is 5.63. The van der Waals surface area contributed by atoms with Gasteiger partial charge in [0.05, 0.1) is 25.2 Å². The maximum absolute atomic E-state index is 6.31.